The van der Waals surface area contributed by atoms with Gasteiger partial charge in [0.15, 0.2) is 5.78 Å². The van der Waals surface area contributed by atoms with Crippen LogP contribution in [-0.2, 0) is 0 Å². The van der Waals surface area contributed by atoms with E-state index < -0.39 is 11.9 Å². The number of hydrogen-bond acceptors (Lipinski definition) is 5. The first-order chi connectivity index (χ1) is 16.3. The van der Waals surface area contributed by atoms with Gasteiger partial charge >= 0.3 is 6.03 Å². The molecular formula is C26H28N4O3S. The SMILES string of the molecule is Cc1c(C2CCC(C)N2C)sc(NC(=O)Nc2ccc(C(=O)c3ccccc3)cc2)c1C(N)=O. The van der Waals surface area contributed by atoms with E-state index in [9.17, 15) is 14.4 Å². The minimum atomic E-state index is -0.562. The van der Waals surface area contributed by atoms with Crippen LogP contribution >= 0.6 is 11.3 Å². The number of primary amides is 1. The van der Waals surface area contributed by atoms with Gasteiger partial charge in [0, 0.05) is 33.8 Å². The monoisotopic (exact) mass is 476 g/mol. The molecule has 3 amide bonds. The van der Waals surface area contributed by atoms with Crippen molar-refractivity contribution in [3.63, 3.8) is 0 Å². The number of urea groups is 1. The maximum atomic E-state index is 12.7. The van der Waals surface area contributed by atoms with Crippen LogP contribution in [0.25, 0.3) is 0 Å². The molecule has 1 aliphatic heterocycles. The third-order valence-electron chi connectivity index (χ3n) is 6.45. The largest absolute Gasteiger partial charge is 0.365 e. The van der Waals surface area contributed by atoms with Crippen LogP contribution in [0, 0.1) is 6.92 Å². The summed E-state index contributed by atoms with van der Waals surface area (Å²) in [6.07, 6.45) is 2.08. The second kappa shape index (κ2) is 9.79. The molecule has 0 bridgehead atoms. The summed E-state index contributed by atoms with van der Waals surface area (Å²) >= 11 is 1.40. The van der Waals surface area contributed by atoms with Crippen molar-refractivity contribution in [1.82, 2.24) is 4.90 Å². The van der Waals surface area contributed by atoms with Gasteiger partial charge in [-0.3, -0.25) is 19.8 Å². The van der Waals surface area contributed by atoms with Crippen LogP contribution in [0.4, 0.5) is 15.5 Å². The molecule has 8 heteroatoms. The molecule has 0 saturated carbocycles. The number of benzene rings is 2. The molecule has 1 saturated heterocycles. The Morgan fingerprint density at radius 2 is 1.62 bits per heavy atom. The van der Waals surface area contributed by atoms with E-state index in [0.29, 0.717) is 33.4 Å². The van der Waals surface area contributed by atoms with Crippen molar-refractivity contribution in [2.24, 2.45) is 5.73 Å². The number of anilines is 2. The van der Waals surface area contributed by atoms with Gasteiger partial charge in [-0.1, -0.05) is 30.3 Å². The minimum absolute atomic E-state index is 0.0875. The lowest BCUT2D eigenvalue weighted by Gasteiger charge is -2.23. The Hall–Kier alpha value is -3.49. The first-order valence-electron chi connectivity index (χ1n) is 11.2. The molecule has 176 valence electrons. The van der Waals surface area contributed by atoms with Gasteiger partial charge in [-0.2, -0.15) is 0 Å². The van der Waals surface area contributed by atoms with Crippen LogP contribution in [0.5, 0.6) is 0 Å². The lowest BCUT2D eigenvalue weighted by molar-refractivity contribution is 0.0999. The Kier molecular flexibility index (Phi) is 6.81. The van der Waals surface area contributed by atoms with Crippen LogP contribution < -0.4 is 16.4 Å². The highest BCUT2D eigenvalue weighted by atomic mass is 32.1. The molecule has 1 aliphatic rings. The maximum absolute atomic E-state index is 12.7. The van der Waals surface area contributed by atoms with Crippen molar-refractivity contribution in [1.29, 1.82) is 0 Å². The van der Waals surface area contributed by atoms with Crippen molar-refractivity contribution in [2.75, 3.05) is 17.7 Å². The summed E-state index contributed by atoms with van der Waals surface area (Å²) in [6, 6.07) is 15.9. The Labute approximate surface area is 203 Å². The molecule has 2 atom stereocenters. The van der Waals surface area contributed by atoms with Gasteiger partial charge in [-0.05, 0) is 63.6 Å². The molecule has 1 aromatic heterocycles. The lowest BCUT2D eigenvalue weighted by Crippen LogP contribution is -2.24. The smallest absolute Gasteiger partial charge is 0.324 e. The molecule has 1 fully saturated rings. The zero-order valence-electron chi connectivity index (χ0n) is 19.4. The lowest BCUT2D eigenvalue weighted by atomic mass is 10.0. The molecule has 0 radical (unpaired) electrons. The zero-order chi connectivity index (χ0) is 24.4. The van der Waals surface area contributed by atoms with Gasteiger partial charge in [0.1, 0.15) is 5.00 Å². The number of carbonyl (C=O) groups is 3. The van der Waals surface area contributed by atoms with Gasteiger partial charge in [-0.25, -0.2) is 4.79 Å². The van der Waals surface area contributed by atoms with Crippen molar-refractivity contribution >= 4 is 39.7 Å². The summed E-state index contributed by atoms with van der Waals surface area (Å²) in [5.74, 6) is -0.650. The van der Waals surface area contributed by atoms with Crippen LogP contribution in [0.15, 0.2) is 54.6 Å². The van der Waals surface area contributed by atoms with Gasteiger partial charge in [0.2, 0.25) is 0 Å². The second-order valence-corrected chi connectivity index (χ2v) is 9.67. The van der Waals surface area contributed by atoms with Gasteiger partial charge in [-0.15, -0.1) is 11.3 Å². The molecule has 3 aromatic rings. The van der Waals surface area contributed by atoms with Crippen molar-refractivity contribution in [2.45, 2.75) is 38.8 Å². The first-order valence-corrected chi connectivity index (χ1v) is 12.0. The van der Waals surface area contributed by atoms with Crippen LogP contribution in [-0.4, -0.2) is 35.7 Å². The Balaban J connectivity index is 1.48. The molecule has 34 heavy (non-hydrogen) atoms. The predicted molar refractivity (Wildman–Crippen MR) is 136 cm³/mol. The normalized spacial score (nSPS) is 18.0. The Bertz CT molecular complexity index is 1220. The van der Waals surface area contributed by atoms with E-state index in [-0.39, 0.29) is 11.8 Å². The number of rotatable bonds is 6. The van der Waals surface area contributed by atoms with E-state index in [1.807, 2.05) is 25.1 Å². The molecular weight excluding hydrogens is 448 g/mol. The fraction of sp³-hybridized carbons (Fsp3) is 0.269. The van der Waals surface area contributed by atoms with Crippen molar-refractivity contribution < 1.29 is 14.4 Å². The number of ketones is 1. The second-order valence-electron chi connectivity index (χ2n) is 8.62. The van der Waals surface area contributed by atoms with E-state index in [1.165, 1.54) is 11.3 Å². The van der Waals surface area contributed by atoms with Gasteiger partial charge in [0.05, 0.1) is 5.56 Å². The van der Waals surface area contributed by atoms with Crippen LogP contribution in [0.3, 0.4) is 0 Å². The highest BCUT2D eigenvalue weighted by Crippen LogP contribution is 2.43. The average molecular weight is 477 g/mol. The summed E-state index contributed by atoms with van der Waals surface area (Å²) in [6.45, 7) is 4.07. The number of hydrogen-bond donors (Lipinski definition) is 3. The average Bonchev–Trinajstić information content (AvgIpc) is 3.32. The third-order valence-corrected chi connectivity index (χ3v) is 7.75. The number of likely N-dealkylation sites (tertiary alicyclic amines) is 1. The Morgan fingerprint density at radius 1 is 0.971 bits per heavy atom. The number of nitrogens with two attached hydrogens (primary N) is 1. The Morgan fingerprint density at radius 3 is 2.21 bits per heavy atom. The van der Waals surface area contributed by atoms with E-state index >= 15 is 0 Å². The summed E-state index contributed by atoms with van der Waals surface area (Å²) in [5, 5.41) is 6.00. The molecule has 2 unspecified atom stereocenters. The number of thiophene rings is 1. The first kappa shape index (κ1) is 23.7. The molecule has 4 rings (SSSR count). The molecule has 0 spiro atoms. The number of nitrogens with one attached hydrogen (secondary N) is 2. The highest BCUT2D eigenvalue weighted by molar-refractivity contribution is 7.17. The topological polar surface area (TPSA) is 105 Å². The summed E-state index contributed by atoms with van der Waals surface area (Å²) in [7, 11) is 2.08. The number of nitrogens with zero attached hydrogens (tertiary/aromatic N) is 1. The van der Waals surface area contributed by atoms with Crippen LogP contribution in [0.1, 0.15) is 62.5 Å². The molecule has 0 aliphatic carbocycles. The van der Waals surface area contributed by atoms with Crippen molar-refractivity contribution in [3.8, 4) is 0 Å². The third kappa shape index (κ3) is 4.73. The van der Waals surface area contributed by atoms with E-state index in [0.717, 1.165) is 23.3 Å². The molecule has 2 heterocycles. The predicted octanol–water partition coefficient (Wildman–Crippen LogP) is 5.19. The van der Waals surface area contributed by atoms with Crippen LogP contribution in [0.2, 0.25) is 0 Å². The fourth-order valence-corrected chi connectivity index (χ4v) is 5.78. The van der Waals surface area contributed by atoms with Gasteiger partial charge < -0.3 is 11.1 Å². The summed E-state index contributed by atoms with van der Waals surface area (Å²) < 4.78 is 0. The number of amides is 3. The summed E-state index contributed by atoms with van der Waals surface area (Å²) in [4.78, 5) is 40.8. The maximum Gasteiger partial charge on any atom is 0.324 e. The van der Waals surface area contributed by atoms with E-state index in [1.54, 1.807) is 36.4 Å². The molecule has 7 nitrogen and oxygen atoms in total. The highest BCUT2D eigenvalue weighted by Gasteiger charge is 2.33. The fourth-order valence-electron chi connectivity index (χ4n) is 4.39. The standard InChI is InChI=1S/C26H28N4O3S/c1-15-9-14-20(30(15)3)23-16(2)21(24(27)32)25(34-23)29-26(33)28-19-12-10-18(11-13-19)22(31)17-7-5-4-6-8-17/h4-8,10-13,15,20H,9,14H2,1-3H3,(H2,27,32)(H2,28,29,33). The van der Waals surface area contributed by atoms with E-state index in [2.05, 4.69) is 29.5 Å². The summed E-state index contributed by atoms with van der Waals surface area (Å²) in [5.41, 5.74) is 8.50. The quantitative estimate of drug-likeness (QED) is 0.426. The molecule has 4 N–H and O–H groups in total. The van der Waals surface area contributed by atoms with Gasteiger partial charge in [0.25, 0.3) is 5.91 Å². The number of carbonyl (C=O) groups excluding carboxylic acids is 3. The van der Waals surface area contributed by atoms with E-state index in [4.69, 9.17) is 5.73 Å². The van der Waals surface area contributed by atoms with Crippen molar-refractivity contribution in [3.05, 3.63) is 81.7 Å². The molecule has 2 aromatic carbocycles. The minimum Gasteiger partial charge on any atom is -0.365 e. The zero-order valence-corrected chi connectivity index (χ0v) is 20.2.